The Labute approximate surface area is 123 Å². The third kappa shape index (κ3) is 3.73. The van der Waals surface area contributed by atoms with Gasteiger partial charge >= 0.3 is 0 Å². The summed E-state index contributed by atoms with van der Waals surface area (Å²) >= 11 is 0. The number of carbonyl (C=O) groups excluding carboxylic acids is 1. The van der Waals surface area contributed by atoms with Gasteiger partial charge in [-0.15, -0.1) is 0 Å². The van der Waals surface area contributed by atoms with Gasteiger partial charge in [-0.05, 0) is 49.4 Å². The van der Waals surface area contributed by atoms with Crippen LogP contribution in [0.3, 0.4) is 0 Å². The van der Waals surface area contributed by atoms with Crippen molar-refractivity contribution in [2.24, 2.45) is 5.92 Å². The highest BCUT2D eigenvalue weighted by atomic mass is 35.7. The molecular formula is C14H18ClNO3S. The van der Waals surface area contributed by atoms with Gasteiger partial charge in [-0.2, -0.15) is 0 Å². The summed E-state index contributed by atoms with van der Waals surface area (Å²) in [7, 11) is 1.52. The summed E-state index contributed by atoms with van der Waals surface area (Å²) in [5.41, 5.74) is 1.89. The monoisotopic (exact) mass is 315 g/mol. The molecule has 0 spiro atoms. The van der Waals surface area contributed by atoms with Crippen molar-refractivity contribution >= 4 is 25.6 Å². The Balaban J connectivity index is 2.20. The highest BCUT2D eigenvalue weighted by Crippen LogP contribution is 2.31. The van der Waals surface area contributed by atoms with Crippen LogP contribution in [-0.2, 0) is 9.05 Å². The summed E-state index contributed by atoms with van der Waals surface area (Å²) in [6.45, 7) is 4.19. The topological polar surface area (TPSA) is 63.2 Å². The average molecular weight is 316 g/mol. The number of carbonyl (C=O) groups is 1. The first-order valence-corrected chi connectivity index (χ1v) is 8.94. The Morgan fingerprint density at radius 3 is 2.55 bits per heavy atom. The Bertz CT molecular complexity index is 636. The van der Waals surface area contributed by atoms with Crippen molar-refractivity contribution in [2.45, 2.75) is 38.0 Å². The maximum absolute atomic E-state index is 12.1. The van der Waals surface area contributed by atoms with E-state index in [0.29, 0.717) is 12.1 Å². The van der Waals surface area contributed by atoms with Gasteiger partial charge in [0.15, 0.2) is 0 Å². The molecule has 0 unspecified atom stereocenters. The number of rotatable bonds is 5. The van der Waals surface area contributed by atoms with E-state index in [9.17, 15) is 13.2 Å². The molecule has 0 atom stereocenters. The quantitative estimate of drug-likeness (QED) is 0.850. The van der Waals surface area contributed by atoms with Crippen LogP contribution in [0.4, 0.5) is 0 Å². The number of nitrogens with one attached hydrogen (secondary N) is 1. The van der Waals surface area contributed by atoms with Crippen LogP contribution in [0.25, 0.3) is 0 Å². The molecule has 0 aromatic heterocycles. The second-order valence-corrected chi connectivity index (χ2v) is 7.90. The van der Waals surface area contributed by atoms with Crippen molar-refractivity contribution in [1.82, 2.24) is 5.32 Å². The molecule has 1 aromatic rings. The second kappa shape index (κ2) is 5.74. The normalized spacial score (nSPS) is 15.2. The lowest BCUT2D eigenvalue weighted by atomic mass is 10.0. The maximum atomic E-state index is 12.1. The van der Waals surface area contributed by atoms with Crippen LogP contribution in [0.15, 0.2) is 17.0 Å². The summed E-state index contributed by atoms with van der Waals surface area (Å²) in [6.07, 6.45) is 3.47. The SMILES string of the molecule is Cc1cc(S(=O)(=O)Cl)cc(C(=O)NCCC2CC2)c1C. The lowest BCUT2D eigenvalue weighted by molar-refractivity contribution is 0.0951. The third-order valence-corrected chi connectivity index (χ3v) is 5.04. The Morgan fingerprint density at radius 1 is 1.35 bits per heavy atom. The van der Waals surface area contributed by atoms with Crippen molar-refractivity contribution in [2.75, 3.05) is 6.54 Å². The fourth-order valence-corrected chi connectivity index (χ4v) is 2.94. The van der Waals surface area contributed by atoms with Crippen LogP contribution in [-0.4, -0.2) is 20.9 Å². The van der Waals surface area contributed by atoms with Crippen LogP contribution in [0.1, 0.15) is 40.7 Å². The minimum Gasteiger partial charge on any atom is -0.352 e. The van der Waals surface area contributed by atoms with Gasteiger partial charge in [0.1, 0.15) is 0 Å². The summed E-state index contributed by atoms with van der Waals surface area (Å²) < 4.78 is 22.8. The number of amides is 1. The van der Waals surface area contributed by atoms with E-state index in [1.165, 1.54) is 25.0 Å². The highest BCUT2D eigenvalue weighted by molar-refractivity contribution is 8.13. The molecule has 1 aliphatic carbocycles. The molecule has 1 fully saturated rings. The summed E-state index contributed by atoms with van der Waals surface area (Å²) in [5.74, 6) is 0.501. The average Bonchev–Trinajstić information content (AvgIpc) is 3.15. The molecule has 1 saturated carbocycles. The molecule has 6 heteroatoms. The van der Waals surface area contributed by atoms with Crippen LogP contribution < -0.4 is 5.32 Å². The smallest absolute Gasteiger partial charge is 0.261 e. The van der Waals surface area contributed by atoms with Crippen molar-refractivity contribution < 1.29 is 13.2 Å². The van der Waals surface area contributed by atoms with E-state index in [4.69, 9.17) is 10.7 Å². The van der Waals surface area contributed by atoms with E-state index in [2.05, 4.69) is 5.32 Å². The van der Waals surface area contributed by atoms with E-state index in [1.54, 1.807) is 13.8 Å². The van der Waals surface area contributed by atoms with E-state index >= 15 is 0 Å². The molecule has 1 N–H and O–H groups in total. The third-order valence-electron chi connectivity index (χ3n) is 3.70. The first-order chi connectivity index (χ1) is 9.29. The van der Waals surface area contributed by atoms with Crippen LogP contribution in [0, 0.1) is 19.8 Å². The van der Waals surface area contributed by atoms with E-state index < -0.39 is 9.05 Å². The van der Waals surface area contributed by atoms with Gasteiger partial charge in [-0.1, -0.05) is 12.8 Å². The zero-order chi connectivity index (χ0) is 14.9. The first kappa shape index (κ1) is 15.3. The number of hydrogen-bond donors (Lipinski definition) is 1. The molecule has 1 aromatic carbocycles. The minimum atomic E-state index is -3.83. The molecule has 4 nitrogen and oxygen atoms in total. The second-order valence-electron chi connectivity index (χ2n) is 5.34. The number of benzene rings is 1. The van der Waals surface area contributed by atoms with Gasteiger partial charge < -0.3 is 5.32 Å². The largest absolute Gasteiger partial charge is 0.352 e. The molecule has 0 saturated heterocycles. The van der Waals surface area contributed by atoms with Gasteiger partial charge in [-0.25, -0.2) is 8.42 Å². The summed E-state index contributed by atoms with van der Waals surface area (Å²) in [4.78, 5) is 12.1. The lowest BCUT2D eigenvalue weighted by Crippen LogP contribution is -2.26. The van der Waals surface area contributed by atoms with Gasteiger partial charge in [0.05, 0.1) is 4.90 Å². The van der Waals surface area contributed by atoms with Crippen LogP contribution in [0.5, 0.6) is 0 Å². The van der Waals surface area contributed by atoms with Crippen molar-refractivity contribution in [3.63, 3.8) is 0 Å². The van der Waals surface area contributed by atoms with Gasteiger partial charge in [0.2, 0.25) is 0 Å². The number of halogens is 1. The zero-order valence-corrected chi connectivity index (χ0v) is 13.1. The Kier molecular flexibility index (Phi) is 4.39. The Hall–Kier alpha value is -1.07. The molecule has 2 rings (SSSR count). The fourth-order valence-electron chi connectivity index (χ4n) is 2.09. The fraction of sp³-hybridized carbons (Fsp3) is 0.500. The molecule has 0 heterocycles. The zero-order valence-electron chi connectivity index (χ0n) is 11.6. The van der Waals surface area contributed by atoms with Crippen molar-refractivity contribution in [3.8, 4) is 0 Å². The van der Waals surface area contributed by atoms with E-state index in [1.807, 2.05) is 0 Å². The standard InChI is InChI=1S/C14H18ClNO3S/c1-9-7-12(20(15,18)19)8-13(10(9)2)14(17)16-6-5-11-3-4-11/h7-8,11H,3-6H2,1-2H3,(H,16,17). The van der Waals surface area contributed by atoms with Gasteiger partial charge in [0, 0.05) is 22.8 Å². The maximum Gasteiger partial charge on any atom is 0.261 e. The number of aryl methyl sites for hydroxylation is 1. The predicted octanol–water partition coefficient (Wildman–Crippen LogP) is 2.76. The van der Waals surface area contributed by atoms with Gasteiger partial charge in [0.25, 0.3) is 15.0 Å². The van der Waals surface area contributed by atoms with Crippen LogP contribution in [0.2, 0.25) is 0 Å². The summed E-state index contributed by atoms with van der Waals surface area (Å²) in [5, 5.41) is 2.84. The predicted molar refractivity (Wildman–Crippen MR) is 78.6 cm³/mol. The van der Waals surface area contributed by atoms with Crippen LogP contribution >= 0.6 is 10.7 Å². The van der Waals surface area contributed by atoms with E-state index in [-0.39, 0.29) is 10.8 Å². The molecule has 0 bridgehead atoms. The molecule has 0 aliphatic heterocycles. The van der Waals surface area contributed by atoms with Gasteiger partial charge in [-0.3, -0.25) is 4.79 Å². The minimum absolute atomic E-state index is 0.0328. The molecule has 20 heavy (non-hydrogen) atoms. The van der Waals surface area contributed by atoms with Crippen molar-refractivity contribution in [3.05, 3.63) is 28.8 Å². The molecule has 1 aliphatic rings. The molecule has 1 amide bonds. The molecule has 110 valence electrons. The molecular weight excluding hydrogens is 298 g/mol. The molecule has 0 radical (unpaired) electrons. The Morgan fingerprint density at radius 2 is 2.00 bits per heavy atom. The lowest BCUT2D eigenvalue weighted by Gasteiger charge is -2.11. The van der Waals surface area contributed by atoms with E-state index in [0.717, 1.165) is 23.5 Å². The number of hydrogen-bond acceptors (Lipinski definition) is 3. The highest BCUT2D eigenvalue weighted by Gasteiger charge is 2.21. The van der Waals surface area contributed by atoms with Crippen molar-refractivity contribution in [1.29, 1.82) is 0 Å². The summed E-state index contributed by atoms with van der Waals surface area (Å²) in [6, 6.07) is 2.83. The first-order valence-electron chi connectivity index (χ1n) is 6.63.